The van der Waals surface area contributed by atoms with Crippen molar-refractivity contribution in [3.8, 4) is 0 Å². The molecule has 1 heterocycles. The van der Waals surface area contributed by atoms with Gasteiger partial charge >= 0.3 is 6.18 Å². The Bertz CT molecular complexity index is 473. The molecule has 1 aliphatic rings. The second-order valence-corrected chi connectivity index (χ2v) is 5.69. The lowest BCUT2D eigenvalue weighted by molar-refractivity contribution is -0.137. The fourth-order valence-electron chi connectivity index (χ4n) is 2.78. The first-order valence-electron chi connectivity index (χ1n) is 6.90. The Labute approximate surface area is 117 Å². The second-order valence-electron chi connectivity index (χ2n) is 5.69. The van der Waals surface area contributed by atoms with Gasteiger partial charge in [0, 0.05) is 18.3 Å². The fraction of sp³-hybridized carbons (Fsp3) is 0.600. The normalized spacial score (nSPS) is 24.0. The summed E-state index contributed by atoms with van der Waals surface area (Å²) in [5, 5.41) is 9.04. The number of alkyl halides is 3. The Morgan fingerprint density at radius 1 is 1.25 bits per heavy atom. The van der Waals surface area contributed by atoms with Crippen LogP contribution in [0.3, 0.4) is 0 Å². The molecular formula is C15H20F3NO. The van der Waals surface area contributed by atoms with E-state index in [1.807, 2.05) is 11.8 Å². The molecule has 0 spiro atoms. The topological polar surface area (TPSA) is 23.5 Å². The Kier molecular flexibility index (Phi) is 4.28. The zero-order chi connectivity index (χ0) is 14.9. The third-order valence-electron chi connectivity index (χ3n) is 3.98. The van der Waals surface area contributed by atoms with E-state index in [-0.39, 0.29) is 18.3 Å². The summed E-state index contributed by atoms with van der Waals surface area (Å²) >= 11 is 0. The molecule has 1 aromatic rings. The van der Waals surface area contributed by atoms with Gasteiger partial charge in [-0.3, -0.25) is 0 Å². The third-order valence-corrected chi connectivity index (χ3v) is 3.98. The molecule has 0 aromatic heterocycles. The summed E-state index contributed by atoms with van der Waals surface area (Å²) in [7, 11) is 0. The van der Waals surface area contributed by atoms with Crippen molar-refractivity contribution in [2.45, 2.75) is 45.5 Å². The minimum absolute atomic E-state index is 0.104. The van der Waals surface area contributed by atoms with Crippen LogP contribution in [-0.4, -0.2) is 17.7 Å². The fourth-order valence-corrected chi connectivity index (χ4v) is 2.78. The highest BCUT2D eigenvalue weighted by Gasteiger charge is 2.37. The number of halogens is 3. The van der Waals surface area contributed by atoms with Gasteiger partial charge in [0.15, 0.2) is 0 Å². The number of hydrogen-bond acceptors (Lipinski definition) is 2. The SMILES string of the molecule is CC1CCC(C)N(c2ccc(CO)cc2C(F)(F)F)C1. The van der Waals surface area contributed by atoms with E-state index in [9.17, 15) is 13.2 Å². The summed E-state index contributed by atoms with van der Waals surface area (Å²) in [6, 6.07) is 4.22. The highest BCUT2D eigenvalue weighted by Crippen LogP contribution is 2.39. The lowest BCUT2D eigenvalue weighted by atomic mass is 9.93. The second kappa shape index (κ2) is 5.64. The smallest absolute Gasteiger partial charge is 0.392 e. The summed E-state index contributed by atoms with van der Waals surface area (Å²) in [5.74, 6) is 0.393. The van der Waals surface area contributed by atoms with E-state index in [1.54, 1.807) is 6.07 Å². The van der Waals surface area contributed by atoms with E-state index in [2.05, 4.69) is 6.92 Å². The van der Waals surface area contributed by atoms with Crippen LogP contribution in [0.4, 0.5) is 18.9 Å². The van der Waals surface area contributed by atoms with Crippen molar-refractivity contribution < 1.29 is 18.3 Å². The Morgan fingerprint density at radius 3 is 2.55 bits per heavy atom. The number of nitrogens with zero attached hydrogens (tertiary/aromatic N) is 1. The van der Waals surface area contributed by atoms with Crippen LogP contribution in [0.25, 0.3) is 0 Å². The zero-order valence-electron chi connectivity index (χ0n) is 11.7. The predicted molar refractivity (Wildman–Crippen MR) is 72.6 cm³/mol. The van der Waals surface area contributed by atoms with E-state index in [0.29, 0.717) is 18.0 Å². The molecule has 0 radical (unpaired) electrons. The third kappa shape index (κ3) is 3.08. The standard InChI is InChI=1S/C15H20F3NO/c1-10-3-4-11(2)19(8-10)14-6-5-12(9-20)7-13(14)15(16,17)18/h5-7,10-11,20H,3-4,8-9H2,1-2H3. The molecule has 0 saturated carbocycles. The monoisotopic (exact) mass is 287 g/mol. The molecule has 5 heteroatoms. The Hall–Kier alpha value is -1.23. The molecule has 0 bridgehead atoms. The maximum Gasteiger partial charge on any atom is 0.418 e. The van der Waals surface area contributed by atoms with Gasteiger partial charge in [0.05, 0.1) is 12.2 Å². The van der Waals surface area contributed by atoms with Crippen molar-refractivity contribution >= 4 is 5.69 Å². The number of aliphatic hydroxyl groups is 1. The summed E-state index contributed by atoms with van der Waals surface area (Å²) in [5.41, 5.74) is -0.127. The Morgan fingerprint density at radius 2 is 1.95 bits per heavy atom. The summed E-state index contributed by atoms with van der Waals surface area (Å²) in [4.78, 5) is 1.85. The highest BCUT2D eigenvalue weighted by atomic mass is 19.4. The average Bonchev–Trinajstić information content (AvgIpc) is 2.40. The molecule has 0 aliphatic carbocycles. The molecule has 2 rings (SSSR count). The number of anilines is 1. The number of benzene rings is 1. The molecule has 2 atom stereocenters. The maximum atomic E-state index is 13.2. The van der Waals surface area contributed by atoms with Gasteiger partial charge < -0.3 is 10.0 Å². The molecule has 1 aromatic carbocycles. The summed E-state index contributed by atoms with van der Waals surface area (Å²) < 4.78 is 39.7. The first-order valence-corrected chi connectivity index (χ1v) is 6.90. The summed E-state index contributed by atoms with van der Waals surface area (Å²) in [6.07, 6.45) is -2.45. The molecule has 1 N–H and O–H groups in total. The van der Waals surface area contributed by atoms with Crippen LogP contribution < -0.4 is 4.90 Å². The van der Waals surface area contributed by atoms with Crippen LogP contribution in [-0.2, 0) is 12.8 Å². The van der Waals surface area contributed by atoms with Gasteiger partial charge in [0.25, 0.3) is 0 Å². The van der Waals surface area contributed by atoms with E-state index < -0.39 is 11.7 Å². The van der Waals surface area contributed by atoms with Crippen LogP contribution >= 0.6 is 0 Å². The molecular weight excluding hydrogens is 267 g/mol. The minimum Gasteiger partial charge on any atom is -0.392 e. The van der Waals surface area contributed by atoms with Crippen molar-refractivity contribution in [2.75, 3.05) is 11.4 Å². The van der Waals surface area contributed by atoms with Crippen molar-refractivity contribution in [1.82, 2.24) is 0 Å². The van der Waals surface area contributed by atoms with Crippen molar-refractivity contribution in [3.05, 3.63) is 29.3 Å². The largest absolute Gasteiger partial charge is 0.418 e. The first kappa shape index (κ1) is 15.2. The van der Waals surface area contributed by atoms with Crippen molar-refractivity contribution in [1.29, 1.82) is 0 Å². The van der Waals surface area contributed by atoms with E-state index in [1.165, 1.54) is 6.07 Å². The molecule has 1 aliphatic heterocycles. The average molecular weight is 287 g/mol. The molecule has 112 valence electrons. The van der Waals surface area contributed by atoms with Gasteiger partial charge in [-0.05, 0) is 43.4 Å². The zero-order valence-corrected chi connectivity index (χ0v) is 11.7. The van der Waals surface area contributed by atoms with Gasteiger partial charge in [-0.25, -0.2) is 0 Å². The quantitative estimate of drug-likeness (QED) is 0.893. The van der Waals surface area contributed by atoms with Crippen molar-refractivity contribution in [2.24, 2.45) is 5.92 Å². The minimum atomic E-state index is -4.40. The number of piperidine rings is 1. The molecule has 2 unspecified atom stereocenters. The molecule has 1 saturated heterocycles. The van der Waals surface area contributed by atoms with Gasteiger partial charge in [-0.1, -0.05) is 13.0 Å². The highest BCUT2D eigenvalue weighted by molar-refractivity contribution is 5.57. The van der Waals surface area contributed by atoms with Gasteiger partial charge in [-0.15, -0.1) is 0 Å². The number of aliphatic hydroxyl groups excluding tert-OH is 1. The number of hydrogen-bond donors (Lipinski definition) is 1. The van der Waals surface area contributed by atoms with Crippen LogP contribution in [0, 0.1) is 5.92 Å². The lowest BCUT2D eigenvalue weighted by Gasteiger charge is -2.39. The predicted octanol–water partition coefficient (Wildman–Crippen LogP) is 3.82. The van der Waals surface area contributed by atoms with Gasteiger partial charge in [-0.2, -0.15) is 13.2 Å². The van der Waals surface area contributed by atoms with Crippen LogP contribution in [0.1, 0.15) is 37.8 Å². The Balaban J connectivity index is 2.44. The molecule has 0 amide bonds. The van der Waals surface area contributed by atoms with Crippen LogP contribution in [0.15, 0.2) is 18.2 Å². The van der Waals surface area contributed by atoms with E-state index >= 15 is 0 Å². The molecule has 1 fully saturated rings. The maximum absolute atomic E-state index is 13.2. The van der Waals surface area contributed by atoms with Gasteiger partial charge in [0.2, 0.25) is 0 Å². The van der Waals surface area contributed by atoms with Crippen molar-refractivity contribution in [3.63, 3.8) is 0 Å². The van der Waals surface area contributed by atoms with Crippen LogP contribution in [0.2, 0.25) is 0 Å². The van der Waals surface area contributed by atoms with Crippen LogP contribution in [0.5, 0.6) is 0 Å². The van der Waals surface area contributed by atoms with Gasteiger partial charge in [0.1, 0.15) is 0 Å². The lowest BCUT2D eigenvalue weighted by Crippen LogP contribution is -2.42. The first-order chi connectivity index (χ1) is 9.32. The van der Waals surface area contributed by atoms with E-state index in [4.69, 9.17) is 5.11 Å². The molecule has 2 nitrogen and oxygen atoms in total. The van der Waals surface area contributed by atoms with E-state index in [0.717, 1.165) is 18.9 Å². The number of rotatable bonds is 2. The molecule has 20 heavy (non-hydrogen) atoms. The summed E-state index contributed by atoms with van der Waals surface area (Å²) in [6.45, 7) is 4.29.